The van der Waals surface area contributed by atoms with Crippen LogP contribution in [0.1, 0.15) is 152 Å². The highest BCUT2D eigenvalue weighted by Crippen LogP contribution is 2.21. The van der Waals surface area contributed by atoms with Crippen molar-refractivity contribution >= 4 is 106 Å². The van der Waals surface area contributed by atoms with Crippen LogP contribution >= 0.6 is 0 Å². The summed E-state index contributed by atoms with van der Waals surface area (Å²) in [5.41, 5.74) is 63.4. The first-order valence-electron chi connectivity index (χ1n) is 36.6. The summed E-state index contributed by atoms with van der Waals surface area (Å²) < 4.78 is 0. The Bertz CT molecular complexity index is 3420. The maximum Gasteiger partial charge on any atom is 0.244 e. The zero-order chi connectivity index (χ0) is 81.7. The summed E-state index contributed by atoms with van der Waals surface area (Å²) in [4.78, 5) is 188. The minimum atomic E-state index is -1.55. The third-order valence-corrected chi connectivity index (χ3v) is 17.9. The number of H-pyrrole nitrogens is 1. The Morgan fingerprint density at radius 2 is 0.750 bits per heavy atom. The van der Waals surface area contributed by atoms with Crippen LogP contribution < -0.4 is 122 Å². The quantitative estimate of drug-likeness (QED) is 0.0167. The standard InChI is InChI=1S/C69H123N27O12/c1-12-37(9)52(64(107)92-48(31-40-33-85-42-21-15-14-20-41(40)42)59(102)88-44(23-17-27-82-67(75)76)56(99)87-43(54(72)97)22-16-26-81-66(73)74)95-58(101)46(25-19-29-84-69(79)80)89-61(104)49(32-70)93-55(98)39(11)86-63(106)51(36(7)8)94-65(108)53(38(10)13-2)96-60(103)47(30-34(3)4)91-57(100)45(24-18-28-83-68(77)78)90-62(105)50(71)35(5)6/h14-15,20-21,33-39,43-53,85H,12-13,16-19,22-32,70-71H2,1-11H3,(H2,72,97)(H,86,106)(H,87,99)(H,88,102)(H,89,104)(H,90,105)(H,91,100)(H,92,107)(H,93,98)(H,94,108)(H,95,101)(H,96,103)(H4,73,74,81)(H4,75,76,82)(H4,77,78,83)(H4,79,80,84)/t37-,38-,39-,43-,44-,45-,46-,47-,48-,49-,50-,51-,52-,53-/m0/s1. The molecule has 39 nitrogen and oxygen atoms in total. The molecule has 0 bridgehead atoms. The van der Waals surface area contributed by atoms with E-state index in [4.69, 9.17) is 63.1 Å². The van der Waals surface area contributed by atoms with Crippen molar-refractivity contribution in [1.82, 2.24) is 63.5 Å². The van der Waals surface area contributed by atoms with Crippen molar-refractivity contribution in [2.24, 2.45) is 113 Å². The number of hydrogen-bond donors (Lipinski definition) is 23. The predicted molar refractivity (Wildman–Crippen MR) is 413 cm³/mol. The van der Waals surface area contributed by atoms with Crippen LogP contribution in [0, 0.1) is 29.6 Å². The molecule has 1 aromatic heterocycles. The first-order valence-corrected chi connectivity index (χ1v) is 36.6. The van der Waals surface area contributed by atoms with Crippen molar-refractivity contribution in [2.45, 2.75) is 226 Å². The first kappa shape index (κ1) is 93.5. The Labute approximate surface area is 631 Å². The Morgan fingerprint density at radius 3 is 1.17 bits per heavy atom. The molecule has 2 rings (SSSR count). The summed E-state index contributed by atoms with van der Waals surface area (Å²) in [5, 5.41) is 30.2. The zero-order valence-electron chi connectivity index (χ0n) is 64.3. The molecule has 0 unspecified atom stereocenters. The first-order chi connectivity index (χ1) is 50.8. The molecule has 34 N–H and O–H groups in total. The maximum absolute atomic E-state index is 14.9. The molecule has 606 valence electrons. The number of benzene rings is 1. The zero-order valence-corrected chi connectivity index (χ0v) is 64.3. The number of fused-ring (bicyclic) bond motifs is 1. The summed E-state index contributed by atoms with van der Waals surface area (Å²) in [6.45, 7) is 18.4. The maximum atomic E-state index is 14.9. The molecule has 12 amide bonds. The molecule has 0 aliphatic carbocycles. The van der Waals surface area contributed by atoms with Gasteiger partial charge in [0, 0.05) is 56.2 Å². The van der Waals surface area contributed by atoms with Crippen LogP contribution in [-0.4, -0.2) is 205 Å². The molecule has 0 radical (unpaired) electrons. The summed E-state index contributed by atoms with van der Waals surface area (Å²) in [6, 6.07) is -8.54. The number of aromatic nitrogens is 1. The van der Waals surface area contributed by atoms with Gasteiger partial charge in [0.25, 0.3) is 0 Å². The number of hydrogen-bond acceptors (Lipinski definition) is 18. The largest absolute Gasteiger partial charge is 0.370 e. The minimum absolute atomic E-state index is 0.0149. The normalized spacial score (nSPS) is 15.1. The Kier molecular flexibility index (Phi) is 41.4. The highest BCUT2D eigenvalue weighted by atomic mass is 16.2. The van der Waals surface area contributed by atoms with Gasteiger partial charge in [-0.15, -0.1) is 0 Å². The lowest BCUT2D eigenvalue weighted by Crippen LogP contribution is -2.62. The average molecular weight is 1520 g/mol. The molecule has 108 heavy (non-hydrogen) atoms. The fourth-order valence-electron chi connectivity index (χ4n) is 11.0. The van der Waals surface area contributed by atoms with Gasteiger partial charge in [-0.2, -0.15) is 0 Å². The monoisotopic (exact) mass is 1520 g/mol. The number of amides is 12. The summed E-state index contributed by atoms with van der Waals surface area (Å²) >= 11 is 0. The fraction of sp³-hybridized carbons (Fsp3) is 0.652. The summed E-state index contributed by atoms with van der Waals surface area (Å²) in [6.07, 6.45) is 2.90. The van der Waals surface area contributed by atoms with Crippen molar-refractivity contribution in [3.8, 4) is 0 Å². The Morgan fingerprint density at radius 1 is 0.398 bits per heavy atom. The number of nitrogens with two attached hydrogens (primary N) is 11. The van der Waals surface area contributed by atoms with E-state index in [1.807, 2.05) is 13.8 Å². The Balaban J connectivity index is 2.49. The lowest BCUT2D eigenvalue weighted by atomic mass is 9.95. The van der Waals surface area contributed by atoms with Gasteiger partial charge in [0.05, 0.1) is 6.04 Å². The average Bonchev–Trinajstić information content (AvgIpc) is 1.60. The van der Waals surface area contributed by atoms with Crippen LogP contribution in [0.15, 0.2) is 50.4 Å². The van der Waals surface area contributed by atoms with E-state index in [-0.39, 0.29) is 132 Å². The van der Waals surface area contributed by atoms with Gasteiger partial charge in [0.15, 0.2) is 23.8 Å². The Hall–Kier alpha value is -10.6. The van der Waals surface area contributed by atoms with Crippen molar-refractivity contribution < 1.29 is 57.5 Å². The van der Waals surface area contributed by atoms with E-state index in [0.29, 0.717) is 22.9 Å². The number of guanidine groups is 4. The SMILES string of the molecule is CC[C@H](C)[C@H](NC(=O)[C@H](CCCN=C(N)N)NC(=O)[C@H](CN)NC(=O)[C@H](C)NC(=O)[C@@H](NC(=O)[C@@H](NC(=O)[C@H](CC(C)C)NC(=O)[C@H](CCCN=C(N)N)NC(=O)[C@@H](N)C(C)C)[C@@H](C)CC)C(C)C)C(=O)N[C@@H](Cc1c[nH]c2ccccc12)C(=O)N[C@@H](CCCN=C(N)N)C(=O)N[C@@H](CCCN=C(N)N)C(N)=O. The molecular formula is C69H123N27O12. The molecule has 1 aromatic carbocycles. The van der Waals surface area contributed by atoms with Crippen LogP contribution in [-0.2, 0) is 64.0 Å². The second-order valence-corrected chi connectivity index (χ2v) is 28.0. The van der Waals surface area contributed by atoms with E-state index in [1.54, 1.807) is 85.9 Å². The van der Waals surface area contributed by atoms with E-state index in [0.717, 1.165) is 0 Å². The molecular weight excluding hydrogens is 1400 g/mol. The number of aliphatic imine (C=N–C) groups is 4. The number of carbonyl (C=O) groups is 12. The van der Waals surface area contributed by atoms with Gasteiger partial charge in [-0.25, -0.2) is 0 Å². The molecule has 1 heterocycles. The van der Waals surface area contributed by atoms with Gasteiger partial charge in [-0.1, -0.05) is 100 Å². The highest BCUT2D eigenvalue weighted by molar-refractivity contribution is 6.00. The molecule has 2 aromatic rings. The fourth-order valence-corrected chi connectivity index (χ4v) is 11.0. The number of rotatable bonds is 50. The molecule has 14 atom stereocenters. The van der Waals surface area contributed by atoms with E-state index in [9.17, 15) is 57.5 Å². The molecule has 0 aliphatic rings. The van der Waals surface area contributed by atoms with Gasteiger partial charge < -0.3 is 127 Å². The number of aromatic amines is 1. The summed E-state index contributed by atoms with van der Waals surface area (Å²) in [7, 11) is 0. The number of nitrogens with zero attached hydrogens (tertiary/aromatic N) is 4. The third-order valence-electron chi connectivity index (χ3n) is 17.9. The van der Waals surface area contributed by atoms with Gasteiger partial charge in [-0.05, 0) is 106 Å². The van der Waals surface area contributed by atoms with Crippen LogP contribution in [0.2, 0.25) is 0 Å². The topological polar surface area (TPSA) is 689 Å². The van der Waals surface area contributed by atoms with Gasteiger partial charge in [0.1, 0.15) is 66.5 Å². The van der Waals surface area contributed by atoms with E-state index >= 15 is 0 Å². The minimum Gasteiger partial charge on any atom is -0.370 e. The van der Waals surface area contributed by atoms with Crippen molar-refractivity contribution in [3.05, 3.63) is 36.0 Å². The lowest BCUT2D eigenvalue weighted by Gasteiger charge is -2.31. The van der Waals surface area contributed by atoms with Crippen molar-refractivity contribution in [1.29, 1.82) is 0 Å². The van der Waals surface area contributed by atoms with Crippen LogP contribution in [0.25, 0.3) is 10.9 Å². The van der Waals surface area contributed by atoms with Gasteiger partial charge in [0.2, 0.25) is 70.9 Å². The van der Waals surface area contributed by atoms with E-state index in [1.165, 1.54) is 6.92 Å². The van der Waals surface area contributed by atoms with Gasteiger partial charge in [-0.3, -0.25) is 77.5 Å². The van der Waals surface area contributed by atoms with Crippen molar-refractivity contribution in [2.75, 3.05) is 32.7 Å². The van der Waals surface area contributed by atoms with Gasteiger partial charge >= 0.3 is 0 Å². The third kappa shape index (κ3) is 33.5. The number of primary amides is 1. The van der Waals surface area contributed by atoms with Crippen molar-refractivity contribution in [3.63, 3.8) is 0 Å². The molecule has 0 spiro atoms. The molecule has 0 saturated heterocycles. The lowest BCUT2D eigenvalue weighted by molar-refractivity contribution is -0.137. The van der Waals surface area contributed by atoms with Crippen LogP contribution in [0.3, 0.4) is 0 Å². The van der Waals surface area contributed by atoms with E-state index in [2.05, 4.69) is 83.4 Å². The number of nitrogens with one attached hydrogen (secondary N) is 12. The highest BCUT2D eigenvalue weighted by Gasteiger charge is 2.39. The van der Waals surface area contributed by atoms with Crippen LogP contribution in [0.4, 0.5) is 0 Å². The van der Waals surface area contributed by atoms with E-state index < -0.39 is 168 Å². The number of carbonyl (C=O) groups excluding carboxylic acids is 12. The summed E-state index contributed by atoms with van der Waals surface area (Å²) in [5.74, 6) is -12.8. The molecule has 39 heteroatoms. The second kappa shape index (κ2) is 47.9. The smallest absolute Gasteiger partial charge is 0.244 e. The predicted octanol–water partition coefficient (Wildman–Crippen LogP) is -5.50. The van der Waals surface area contributed by atoms with Crippen LogP contribution in [0.5, 0.6) is 0 Å². The molecule has 0 aliphatic heterocycles. The number of para-hydroxylation sites is 1. The molecule has 0 fully saturated rings. The molecule has 0 saturated carbocycles. The second-order valence-electron chi connectivity index (χ2n) is 28.0.